The molecule has 2 aromatic carbocycles. The summed E-state index contributed by atoms with van der Waals surface area (Å²) in [6.45, 7) is 6.02. The first kappa shape index (κ1) is 23.1. The highest BCUT2D eigenvalue weighted by atomic mass is 16.5. The number of aryl methyl sites for hydroxylation is 1. The minimum absolute atomic E-state index is 0.519. The van der Waals surface area contributed by atoms with Crippen molar-refractivity contribution in [2.45, 2.75) is 39.8 Å². The minimum Gasteiger partial charge on any atom is -0.493 e. The van der Waals surface area contributed by atoms with E-state index in [9.17, 15) is 0 Å². The van der Waals surface area contributed by atoms with E-state index >= 15 is 0 Å². The van der Waals surface area contributed by atoms with Gasteiger partial charge in [0.05, 0.1) is 20.8 Å². The summed E-state index contributed by atoms with van der Waals surface area (Å²) >= 11 is 0. The molecular weight excluding hydrogens is 406 g/mol. The number of nitrogens with one attached hydrogen (secondary N) is 2. The Kier molecular flexibility index (Phi) is 8.48. The summed E-state index contributed by atoms with van der Waals surface area (Å²) in [6.07, 6.45) is 1.79. The Bertz CT molecular complexity index is 1030. The number of guanidine groups is 1. The van der Waals surface area contributed by atoms with Gasteiger partial charge >= 0.3 is 0 Å². The van der Waals surface area contributed by atoms with Crippen molar-refractivity contribution >= 4 is 5.96 Å². The summed E-state index contributed by atoms with van der Waals surface area (Å²) in [5.74, 6) is 3.42. The van der Waals surface area contributed by atoms with Crippen LogP contribution in [0.2, 0.25) is 0 Å². The summed E-state index contributed by atoms with van der Waals surface area (Å²) in [5.41, 5.74) is 3.02. The maximum absolute atomic E-state index is 5.40. The lowest BCUT2D eigenvalue weighted by Gasteiger charge is -2.13. The van der Waals surface area contributed by atoms with E-state index in [0.717, 1.165) is 47.9 Å². The van der Waals surface area contributed by atoms with Crippen molar-refractivity contribution in [2.24, 2.45) is 4.99 Å². The minimum atomic E-state index is 0.519. The van der Waals surface area contributed by atoms with Crippen LogP contribution in [-0.2, 0) is 19.5 Å². The largest absolute Gasteiger partial charge is 0.493 e. The number of ether oxygens (including phenoxy) is 2. The lowest BCUT2D eigenvalue weighted by molar-refractivity contribution is 0.354. The standard InChI is InChI=1S/C24H31N5O3/c1-5-8-22-28-23(32-29-22)19-10-7-9-17(13-19)15-26-24(25-6-2)27-16-18-11-12-20(30-3)21(14-18)31-4/h7,9-14H,5-6,8,15-16H2,1-4H3,(H2,25,26,27). The topological polar surface area (TPSA) is 93.8 Å². The van der Waals surface area contributed by atoms with Gasteiger partial charge in [0, 0.05) is 25.1 Å². The summed E-state index contributed by atoms with van der Waals surface area (Å²) in [7, 11) is 3.26. The average Bonchev–Trinajstić information content (AvgIpc) is 3.30. The second kappa shape index (κ2) is 11.7. The third kappa shape index (κ3) is 6.23. The summed E-state index contributed by atoms with van der Waals surface area (Å²) < 4.78 is 16.1. The first-order chi connectivity index (χ1) is 15.7. The highest BCUT2D eigenvalue weighted by Crippen LogP contribution is 2.27. The molecule has 1 aromatic heterocycles. The number of benzene rings is 2. The van der Waals surface area contributed by atoms with E-state index in [-0.39, 0.29) is 0 Å². The van der Waals surface area contributed by atoms with Crippen LogP contribution in [0.15, 0.2) is 52.0 Å². The number of hydrogen-bond acceptors (Lipinski definition) is 6. The molecule has 0 bridgehead atoms. The van der Waals surface area contributed by atoms with E-state index in [1.165, 1.54) is 0 Å². The van der Waals surface area contributed by atoms with Gasteiger partial charge in [-0.2, -0.15) is 4.98 Å². The van der Waals surface area contributed by atoms with Gasteiger partial charge < -0.3 is 24.6 Å². The molecule has 0 amide bonds. The fourth-order valence-electron chi connectivity index (χ4n) is 3.19. The van der Waals surface area contributed by atoms with Gasteiger partial charge in [-0.25, -0.2) is 4.99 Å². The molecule has 8 heteroatoms. The Balaban J connectivity index is 1.67. The van der Waals surface area contributed by atoms with Gasteiger partial charge in [0.25, 0.3) is 5.89 Å². The van der Waals surface area contributed by atoms with E-state index in [2.05, 4.69) is 27.7 Å². The van der Waals surface area contributed by atoms with Crippen LogP contribution in [0, 0.1) is 0 Å². The Labute approximate surface area is 189 Å². The van der Waals surface area contributed by atoms with E-state index in [0.29, 0.717) is 30.5 Å². The molecule has 1 heterocycles. The smallest absolute Gasteiger partial charge is 0.257 e. The lowest BCUT2D eigenvalue weighted by Crippen LogP contribution is -2.36. The predicted molar refractivity (Wildman–Crippen MR) is 125 cm³/mol. The highest BCUT2D eigenvalue weighted by Gasteiger charge is 2.09. The van der Waals surface area contributed by atoms with Gasteiger partial charge in [0.2, 0.25) is 0 Å². The molecular formula is C24H31N5O3. The predicted octanol–water partition coefficient (Wildman–Crippen LogP) is 3.96. The van der Waals surface area contributed by atoms with Crippen LogP contribution in [0.4, 0.5) is 0 Å². The molecule has 0 aliphatic carbocycles. The normalized spacial score (nSPS) is 11.3. The Hall–Kier alpha value is -3.55. The molecule has 170 valence electrons. The first-order valence-electron chi connectivity index (χ1n) is 10.8. The zero-order valence-electron chi connectivity index (χ0n) is 19.1. The molecule has 0 aliphatic heterocycles. The Morgan fingerprint density at radius 1 is 1.00 bits per heavy atom. The zero-order valence-corrected chi connectivity index (χ0v) is 19.1. The van der Waals surface area contributed by atoms with Crippen LogP contribution in [0.5, 0.6) is 11.5 Å². The second-order valence-electron chi connectivity index (χ2n) is 7.20. The van der Waals surface area contributed by atoms with Crippen molar-refractivity contribution in [3.63, 3.8) is 0 Å². The molecule has 0 saturated heterocycles. The van der Waals surface area contributed by atoms with Crippen LogP contribution >= 0.6 is 0 Å². The highest BCUT2D eigenvalue weighted by molar-refractivity contribution is 5.79. The molecule has 0 unspecified atom stereocenters. The monoisotopic (exact) mass is 437 g/mol. The van der Waals surface area contributed by atoms with Crippen LogP contribution in [-0.4, -0.2) is 36.9 Å². The van der Waals surface area contributed by atoms with Crippen molar-refractivity contribution in [1.29, 1.82) is 0 Å². The first-order valence-corrected chi connectivity index (χ1v) is 10.8. The van der Waals surface area contributed by atoms with Gasteiger partial charge in [-0.15, -0.1) is 0 Å². The average molecular weight is 438 g/mol. The van der Waals surface area contributed by atoms with Gasteiger partial charge in [-0.1, -0.05) is 30.3 Å². The van der Waals surface area contributed by atoms with Gasteiger partial charge in [0.1, 0.15) is 0 Å². The number of aromatic nitrogens is 2. The molecule has 8 nitrogen and oxygen atoms in total. The molecule has 3 aromatic rings. The van der Waals surface area contributed by atoms with Gasteiger partial charge in [-0.05, 0) is 48.7 Å². The summed E-state index contributed by atoms with van der Waals surface area (Å²) in [5, 5.41) is 10.7. The third-order valence-electron chi connectivity index (χ3n) is 4.79. The molecule has 2 N–H and O–H groups in total. The SMILES string of the molecule is CCCc1noc(-c2cccc(CN=C(NCC)NCc3ccc(OC)c(OC)c3)c2)n1. The van der Waals surface area contributed by atoms with Crippen molar-refractivity contribution in [1.82, 2.24) is 20.8 Å². The molecule has 0 aliphatic rings. The molecule has 0 spiro atoms. The molecule has 32 heavy (non-hydrogen) atoms. The summed E-state index contributed by atoms with van der Waals surface area (Å²) in [6, 6.07) is 13.9. The van der Waals surface area contributed by atoms with Gasteiger partial charge in [-0.3, -0.25) is 0 Å². The van der Waals surface area contributed by atoms with Crippen molar-refractivity contribution in [3.8, 4) is 23.0 Å². The second-order valence-corrected chi connectivity index (χ2v) is 7.20. The van der Waals surface area contributed by atoms with Crippen molar-refractivity contribution in [3.05, 3.63) is 59.4 Å². The fraction of sp³-hybridized carbons (Fsp3) is 0.375. The van der Waals surface area contributed by atoms with Crippen molar-refractivity contribution < 1.29 is 14.0 Å². The van der Waals surface area contributed by atoms with E-state index < -0.39 is 0 Å². The molecule has 0 fully saturated rings. The number of rotatable bonds is 10. The van der Waals surface area contributed by atoms with Crippen molar-refractivity contribution in [2.75, 3.05) is 20.8 Å². The number of hydrogen-bond donors (Lipinski definition) is 2. The Morgan fingerprint density at radius 2 is 1.84 bits per heavy atom. The van der Waals surface area contributed by atoms with Crippen LogP contribution < -0.4 is 20.1 Å². The van der Waals surface area contributed by atoms with Crippen LogP contribution in [0.25, 0.3) is 11.5 Å². The number of methoxy groups -OCH3 is 2. The molecule has 0 radical (unpaired) electrons. The maximum Gasteiger partial charge on any atom is 0.257 e. The maximum atomic E-state index is 5.40. The quantitative estimate of drug-likeness (QED) is 0.366. The summed E-state index contributed by atoms with van der Waals surface area (Å²) in [4.78, 5) is 9.18. The number of nitrogens with zero attached hydrogens (tertiary/aromatic N) is 3. The van der Waals surface area contributed by atoms with E-state index in [1.807, 2.05) is 49.4 Å². The number of aliphatic imine (C=N–C) groups is 1. The van der Waals surface area contributed by atoms with Crippen LogP contribution in [0.1, 0.15) is 37.2 Å². The van der Waals surface area contributed by atoms with E-state index in [4.69, 9.17) is 19.0 Å². The molecule has 0 saturated carbocycles. The van der Waals surface area contributed by atoms with Crippen LogP contribution in [0.3, 0.4) is 0 Å². The third-order valence-corrected chi connectivity index (χ3v) is 4.79. The van der Waals surface area contributed by atoms with E-state index in [1.54, 1.807) is 14.2 Å². The molecule has 3 rings (SSSR count). The Morgan fingerprint density at radius 3 is 2.59 bits per heavy atom. The fourth-order valence-corrected chi connectivity index (χ4v) is 3.19. The lowest BCUT2D eigenvalue weighted by atomic mass is 10.1. The molecule has 0 atom stereocenters. The zero-order chi connectivity index (χ0) is 22.8. The van der Waals surface area contributed by atoms with Gasteiger partial charge in [0.15, 0.2) is 23.3 Å².